The predicted molar refractivity (Wildman–Crippen MR) is 81.4 cm³/mol. The number of thioether (sulfide) groups is 1. The van der Waals surface area contributed by atoms with Crippen LogP contribution in [0.15, 0.2) is 29.5 Å². The molecule has 1 aromatic heterocycles. The average molecular weight is 275 g/mol. The zero-order valence-electron chi connectivity index (χ0n) is 11.4. The van der Waals surface area contributed by atoms with Crippen molar-refractivity contribution in [1.29, 1.82) is 0 Å². The van der Waals surface area contributed by atoms with Gasteiger partial charge in [0.1, 0.15) is 0 Å². The van der Waals surface area contributed by atoms with E-state index in [-0.39, 0.29) is 0 Å². The van der Waals surface area contributed by atoms with Crippen molar-refractivity contribution in [1.82, 2.24) is 10.3 Å². The van der Waals surface area contributed by atoms with Crippen LogP contribution in [0.2, 0.25) is 0 Å². The van der Waals surface area contributed by atoms with E-state index in [2.05, 4.69) is 29.4 Å². The molecule has 2 aliphatic rings. The molecule has 2 heterocycles. The average Bonchev–Trinajstić information content (AvgIpc) is 2.48. The van der Waals surface area contributed by atoms with Gasteiger partial charge in [0, 0.05) is 18.1 Å². The van der Waals surface area contributed by atoms with Crippen LogP contribution in [0.4, 0.5) is 0 Å². The van der Waals surface area contributed by atoms with Crippen LogP contribution in [-0.4, -0.2) is 21.9 Å². The summed E-state index contributed by atoms with van der Waals surface area (Å²) < 4.78 is 0. The highest BCUT2D eigenvalue weighted by atomic mass is 32.2. The number of amidine groups is 1. The van der Waals surface area contributed by atoms with E-state index < -0.39 is 0 Å². The van der Waals surface area contributed by atoms with E-state index in [1.54, 1.807) is 0 Å². The van der Waals surface area contributed by atoms with Crippen molar-refractivity contribution in [2.24, 2.45) is 10.9 Å². The molecule has 0 spiro atoms. The molecule has 1 fully saturated rings. The van der Waals surface area contributed by atoms with Crippen LogP contribution in [0.25, 0.3) is 0 Å². The van der Waals surface area contributed by atoms with E-state index >= 15 is 0 Å². The summed E-state index contributed by atoms with van der Waals surface area (Å²) in [6, 6.07) is 5.00. The predicted octanol–water partition coefficient (Wildman–Crippen LogP) is 3.39. The Bertz CT molecular complexity index is 446. The van der Waals surface area contributed by atoms with E-state index in [0.717, 1.165) is 11.1 Å². The highest BCUT2D eigenvalue weighted by Crippen LogP contribution is 2.34. The van der Waals surface area contributed by atoms with Crippen LogP contribution in [0.3, 0.4) is 0 Å². The molecule has 0 aromatic carbocycles. The maximum absolute atomic E-state index is 4.92. The first-order valence-electron chi connectivity index (χ1n) is 7.20. The summed E-state index contributed by atoms with van der Waals surface area (Å²) in [6.45, 7) is 2.19. The quantitative estimate of drug-likeness (QED) is 0.899. The standard InChI is InChI=1S/C15H21N3S/c1-11(12-6-8-16-9-7-12)17-15-18-14-5-3-2-4-13(14)10-19-15/h6-9,11,13-14H,2-5,10H2,1H3,(H,17,18). The van der Waals surface area contributed by atoms with Gasteiger partial charge in [-0.1, -0.05) is 24.6 Å². The van der Waals surface area contributed by atoms with Gasteiger partial charge in [-0.15, -0.1) is 0 Å². The Morgan fingerprint density at radius 3 is 2.89 bits per heavy atom. The fourth-order valence-electron chi connectivity index (χ4n) is 2.93. The summed E-state index contributed by atoms with van der Waals surface area (Å²) in [4.78, 5) is 8.99. The van der Waals surface area contributed by atoms with Crippen molar-refractivity contribution >= 4 is 16.9 Å². The van der Waals surface area contributed by atoms with Gasteiger partial charge in [0.05, 0.1) is 12.1 Å². The Kier molecular flexibility index (Phi) is 4.06. The van der Waals surface area contributed by atoms with Gasteiger partial charge in [0.25, 0.3) is 0 Å². The third-order valence-electron chi connectivity index (χ3n) is 4.13. The lowest BCUT2D eigenvalue weighted by Gasteiger charge is -2.33. The van der Waals surface area contributed by atoms with Crippen molar-refractivity contribution in [2.75, 3.05) is 5.75 Å². The second kappa shape index (κ2) is 5.95. The monoisotopic (exact) mass is 275 g/mol. The summed E-state index contributed by atoms with van der Waals surface area (Å²) in [7, 11) is 0. The number of nitrogens with zero attached hydrogens (tertiary/aromatic N) is 2. The van der Waals surface area contributed by atoms with Gasteiger partial charge in [0.15, 0.2) is 5.17 Å². The maximum Gasteiger partial charge on any atom is 0.157 e. The molecule has 3 nitrogen and oxygen atoms in total. The Hall–Kier alpha value is -1.03. The van der Waals surface area contributed by atoms with Gasteiger partial charge in [-0.3, -0.25) is 9.98 Å². The van der Waals surface area contributed by atoms with Crippen LogP contribution in [-0.2, 0) is 0 Å². The molecule has 0 bridgehead atoms. The summed E-state index contributed by atoms with van der Waals surface area (Å²) >= 11 is 1.90. The summed E-state index contributed by atoms with van der Waals surface area (Å²) in [5, 5.41) is 4.69. The van der Waals surface area contributed by atoms with E-state index in [9.17, 15) is 0 Å². The smallest absolute Gasteiger partial charge is 0.157 e. The molecular weight excluding hydrogens is 254 g/mol. The zero-order chi connectivity index (χ0) is 13.1. The number of aliphatic imine (C=N–C) groups is 1. The number of fused-ring (bicyclic) bond motifs is 1. The number of pyridine rings is 1. The maximum atomic E-state index is 4.92. The zero-order valence-corrected chi connectivity index (χ0v) is 12.2. The SMILES string of the molecule is CC(NC1=NC2CCCCC2CS1)c1ccncc1. The molecule has 1 aliphatic heterocycles. The normalized spacial score (nSPS) is 28.2. The number of rotatable bonds is 2. The topological polar surface area (TPSA) is 37.3 Å². The van der Waals surface area contributed by atoms with Crippen LogP contribution >= 0.6 is 11.8 Å². The molecule has 1 saturated carbocycles. The fraction of sp³-hybridized carbons (Fsp3) is 0.600. The molecule has 3 rings (SSSR count). The first-order chi connectivity index (χ1) is 9.33. The Balaban J connectivity index is 1.65. The second-order valence-electron chi connectivity index (χ2n) is 5.50. The van der Waals surface area contributed by atoms with E-state index in [1.165, 1.54) is 37.0 Å². The highest BCUT2D eigenvalue weighted by molar-refractivity contribution is 8.13. The third-order valence-corrected chi connectivity index (χ3v) is 5.22. The molecule has 102 valence electrons. The first-order valence-corrected chi connectivity index (χ1v) is 8.18. The van der Waals surface area contributed by atoms with Gasteiger partial charge in [-0.2, -0.15) is 0 Å². The first kappa shape index (κ1) is 13.0. The summed E-state index contributed by atoms with van der Waals surface area (Å²) in [5.74, 6) is 2.06. The molecule has 4 heteroatoms. The molecular formula is C15H21N3S. The van der Waals surface area contributed by atoms with Crippen molar-refractivity contribution in [2.45, 2.75) is 44.7 Å². The van der Waals surface area contributed by atoms with E-state index in [0.29, 0.717) is 12.1 Å². The van der Waals surface area contributed by atoms with Crippen molar-refractivity contribution in [3.8, 4) is 0 Å². The summed E-state index contributed by atoms with van der Waals surface area (Å²) in [5.41, 5.74) is 1.27. The third kappa shape index (κ3) is 3.11. The lowest BCUT2D eigenvalue weighted by Crippen LogP contribution is -2.35. The molecule has 0 radical (unpaired) electrons. The molecule has 3 unspecified atom stereocenters. The van der Waals surface area contributed by atoms with Gasteiger partial charge in [-0.05, 0) is 43.4 Å². The van der Waals surface area contributed by atoms with Gasteiger partial charge in [-0.25, -0.2) is 0 Å². The van der Waals surface area contributed by atoms with Crippen LogP contribution in [0.5, 0.6) is 0 Å². The van der Waals surface area contributed by atoms with Crippen molar-refractivity contribution in [3.05, 3.63) is 30.1 Å². The van der Waals surface area contributed by atoms with Gasteiger partial charge in [0.2, 0.25) is 0 Å². The minimum absolute atomic E-state index is 0.300. The Morgan fingerprint density at radius 1 is 1.26 bits per heavy atom. The largest absolute Gasteiger partial charge is 0.358 e. The number of aromatic nitrogens is 1. The van der Waals surface area contributed by atoms with Crippen LogP contribution < -0.4 is 5.32 Å². The summed E-state index contributed by atoms with van der Waals surface area (Å²) in [6.07, 6.45) is 9.09. The van der Waals surface area contributed by atoms with Crippen molar-refractivity contribution in [3.63, 3.8) is 0 Å². The number of hydrogen-bond acceptors (Lipinski definition) is 4. The second-order valence-corrected chi connectivity index (χ2v) is 6.51. The Morgan fingerprint density at radius 2 is 2.05 bits per heavy atom. The molecule has 0 amide bonds. The minimum atomic E-state index is 0.300. The van der Waals surface area contributed by atoms with Gasteiger partial charge >= 0.3 is 0 Å². The fourth-order valence-corrected chi connectivity index (χ4v) is 4.16. The Labute approximate surface area is 119 Å². The van der Waals surface area contributed by atoms with E-state index in [4.69, 9.17) is 4.99 Å². The molecule has 19 heavy (non-hydrogen) atoms. The van der Waals surface area contributed by atoms with Crippen molar-refractivity contribution < 1.29 is 0 Å². The molecule has 0 saturated heterocycles. The number of nitrogens with one attached hydrogen (secondary N) is 1. The minimum Gasteiger partial charge on any atom is -0.358 e. The lowest BCUT2D eigenvalue weighted by molar-refractivity contribution is 0.335. The molecule has 1 aromatic rings. The highest BCUT2D eigenvalue weighted by Gasteiger charge is 2.29. The van der Waals surface area contributed by atoms with E-state index in [1.807, 2.05) is 24.2 Å². The molecule has 3 atom stereocenters. The lowest BCUT2D eigenvalue weighted by atomic mass is 9.86. The van der Waals surface area contributed by atoms with Crippen LogP contribution in [0, 0.1) is 5.92 Å². The number of hydrogen-bond donors (Lipinski definition) is 1. The van der Waals surface area contributed by atoms with Crippen LogP contribution in [0.1, 0.15) is 44.2 Å². The molecule has 1 N–H and O–H groups in total. The van der Waals surface area contributed by atoms with Gasteiger partial charge < -0.3 is 5.32 Å². The molecule has 1 aliphatic carbocycles.